The molecule has 9 heteroatoms. The van der Waals surface area contributed by atoms with Crippen LogP contribution in [0.4, 0.5) is 10.2 Å². The highest BCUT2D eigenvalue weighted by molar-refractivity contribution is 9.10. The number of anilines is 1. The molecule has 1 aromatic heterocycles. The van der Waals surface area contributed by atoms with Crippen molar-refractivity contribution >= 4 is 34.0 Å². The summed E-state index contributed by atoms with van der Waals surface area (Å²) in [6.45, 7) is 2.38. The van der Waals surface area contributed by atoms with Crippen molar-refractivity contribution in [1.29, 1.82) is 10.8 Å². The van der Waals surface area contributed by atoms with E-state index in [9.17, 15) is 9.18 Å². The normalized spacial score (nSPS) is 14.4. The second kappa shape index (κ2) is 7.77. The van der Waals surface area contributed by atoms with Gasteiger partial charge in [-0.2, -0.15) is 0 Å². The number of aromatic nitrogens is 2. The Labute approximate surface area is 158 Å². The Balaban J connectivity index is 1.61. The Kier molecular flexibility index (Phi) is 5.46. The molecule has 0 aliphatic carbocycles. The SMILES string of the molecule is N=Cn1nc(N2CCN(C(=O)Cc3ccc(F)c(Br)c3)CC2)ccc1=N. The van der Waals surface area contributed by atoms with Gasteiger partial charge < -0.3 is 9.80 Å². The van der Waals surface area contributed by atoms with Crippen molar-refractivity contribution in [2.45, 2.75) is 6.42 Å². The van der Waals surface area contributed by atoms with E-state index in [2.05, 4.69) is 21.0 Å². The fourth-order valence-electron chi connectivity index (χ4n) is 2.82. The van der Waals surface area contributed by atoms with Gasteiger partial charge in [0.1, 0.15) is 23.5 Å². The predicted molar refractivity (Wildman–Crippen MR) is 98.9 cm³/mol. The van der Waals surface area contributed by atoms with E-state index in [1.807, 2.05) is 4.90 Å². The molecule has 0 bridgehead atoms. The van der Waals surface area contributed by atoms with Crippen molar-refractivity contribution in [3.63, 3.8) is 0 Å². The molecule has 3 rings (SSSR count). The molecule has 0 saturated carbocycles. The molecule has 1 aliphatic rings. The monoisotopic (exact) mass is 420 g/mol. The molecule has 1 fully saturated rings. The third-order valence-corrected chi connectivity index (χ3v) is 4.87. The van der Waals surface area contributed by atoms with Gasteiger partial charge in [0.25, 0.3) is 0 Å². The molecule has 1 aromatic carbocycles. The Morgan fingerprint density at radius 1 is 1.23 bits per heavy atom. The van der Waals surface area contributed by atoms with Gasteiger partial charge in [-0.25, -0.2) is 9.07 Å². The lowest BCUT2D eigenvalue weighted by atomic mass is 10.1. The number of hydrogen-bond acceptors (Lipinski definition) is 5. The maximum Gasteiger partial charge on any atom is 0.227 e. The van der Waals surface area contributed by atoms with Crippen LogP contribution in [0, 0.1) is 16.6 Å². The van der Waals surface area contributed by atoms with Gasteiger partial charge >= 0.3 is 0 Å². The third kappa shape index (κ3) is 3.98. The molecule has 1 saturated heterocycles. The molecule has 0 spiro atoms. The molecule has 2 heterocycles. The van der Waals surface area contributed by atoms with Gasteiger partial charge in [-0.1, -0.05) is 6.07 Å². The summed E-state index contributed by atoms with van der Waals surface area (Å²) >= 11 is 3.14. The summed E-state index contributed by atoms with van der Waals surface area (Å²) in [5, 5.41) is 19.2. The lowest BCUT2D eigenvalue weighted by Gasteiger charge is -2.35. The molecule has 0 atom stereocenters. The Hall–Kier alpha value is -2.55. The molecule has 2 N–H and O–H groups in total. The van der Waals surface area contributed by atoms with E-state index < -0.39 is 0 Å². The third-order valence-electron chi connectivity index (χ3n) is 4.27. The van der Waals surface area contributed by atoms with Crippen molar-refractivity contribution in [2.75, 3.05) is 31.1 Å². The molecule has 0 radical (unpaired) electrons. The van der Waals surface area contributed by atoms with E-state index in [4.69, 9.17) is 10.8 Å². The van der Waals surface area contributed by atoms with Crippen LogP contribution < -0.4 is 10.4 Å². The molecule has 7 nitrogen and oxygen atoms in total. The maximum atomic E-state index is 13.3. The van der Waals surface area contributed by atoms with E-state index >= 15 is 0 Å². The highest BCUT2D eigenvalue weighted by atomic mass is 79.9. The van der Waals surface area contributed by atoms with Crippen LogP contribution in [0.15, 0.2) is 34.8 Å². The van der Waals surface area contributed by atoms with E-state index in [1.54, 1.807) is 29.2 Å². The van der Waals surface area contributed by atoms with E-state index in [0.29, 0.717) is 36.5 Å². The quantitative estimate of drug-likeness (QED) is 0.581. The Morgan fingerprint density at radius 3 is 2.62 bits per heavy atom. The van der Waals surface area contributed by atoms with Crippen LogP contribution in [0.2, 0.25) is 0 Å². The second-order valence-electron chi connectivity index (χ2n) is 5.94. The molecular formula is C17H18BrFN6O. The summed E-state index contributed by atoms with van der Waals surface area (Å²) in [7, 11) is 0. The van der Waals surface area contributed by atoms with E-state index in [1.165, 1.54) is 10.7 Å². The summed E-state index contributed by atoms with van der Waals surface area (Å²) in [4.78, 5) is 16.3. The summed E-state index contributed by atoms with van der Waals surface area (Å²) in [5.41, 5.74) is 0.911. The highest BCUT2D eigenvalue weighted by Gasteiger charge is 2.22. The van der Waals surface area contributed by atoms with Crippen molar-refractivity contribution < 1.29 is 9.18 Å². The van der Waals surface area contributed by atoms with Crippen LogP contribution >= 0.6 is 15.9 Å². The van der Waals surface area contributed by atoms with Crippen LogP contribution in [-0.4, -0.2) is 53.1 Å². The molecule has 1 amide bonds. The van der Waals surface area contributed by atoms with Crippen LogP contribution in [0.3, 0.4) is 0 Å². The first-order chi connectivity index (χ1) is 12.5. The number of hydrogen-bond donors (Lipinski definition) is 2. The molecule has 0 unspecified atom stereocenters. The summed E-state index contributed by atoms with van der Waals surface area (Å²) in [6.07, 6.45) is 1.23. The molecule has 26 heavy (non-hydrogen) atoms. The van der Waals surface area contributed by atoms with E-state index in [-0.39, 0.29) is 23.6 Å². The van der Waals surface area contributed by atoms with Gasteiger partial charge in [-0.15, -0.1) is 5.10 Å². The lowest BCUT2D eigenvalue weighted by molar-refractivity contribution is -0.130. The van der Waals surface area contributed by atoms with Gasteiger partial charge in [0.05, 0.1) is 10.9 Å². The van der Waals surface area contributed by atoms with Crippen molar-refractivity contribution in [2.24, 2.45) is 0 Å². The zero-order valence-corrected chi connectivity index (χ0v) is 15.5. The number of piperazine rings is 1. The minimum Gasteiger partial charge on any atom is -0.352 e. The maximum absolute atomic E-state index is 13.3. The first-order valence-electron chi connectivity index (χ1n) is 8.09. The zero-order chi connectivity index (χ0) is 18.7. The van der Waals surface area contributed by atoms with Crippen molar-refractivity contribution in [3.8, 4) is 0 Å². The average Bonchev–Trinajstić information content (AvgIpc) is 2.65. The van der Waals surface area contributed by atoms with Gasteiger partial charge in [0.2, 0.25) is 5.91 Å². The van der Waals surface area contributed by atoms with E-state index in [0.717, 1.165) is 11.9 Å². The van der Waals surface area contributed by atoms with Crippen molar-refractivity contribution in [1.82, 2.24) is 14.7 Å². The van der Waals surface area contributed by atoms with Gasteiger partial charge in [0, 0.05) is 26.2 Å². The largest absolute Gasteiger partial charge is 0.352 e. The topological polar surface area (TPSA) is 89.1 Å². The van der Waals surface area contributed by atoms with Crippen LogP contribution in [0.25, 0.3) is 0 Å². The average molecular weight is 421 g/mol. The summed E-state index contributed by atoms with van der Waals surface area (Å²) in [6, 6.07) is 7.95. The number of halogens is 2. The standard InChI is InChI=1S/C17H18BrFN6O/c18-13-9-12(1-2-14(13)19)10-17(26)24-7-5-23(6-8-24)16-4-3-15(21)25(11-20)22-16/h1-4,9,11,20-21H,5-8,10H2. The minimum atomic E-state index is -0.344. The number of carbonyl (C=O) groups is 1. The number of benzene rings is 1. The second-order valence-corrected chi connectivity index (χ2v) is 6.80. The first kappa shape index (κ1) is 18.2. The van der Waals surface area contributed by atoms with Crippen LogP contribution in [0.5, 0.6) is 0 Å². The fourth-order valence-corrected chi connectivity index (χ4v) is 3.24. The lowest BCUT2D eigenvalue weighted by Crippen LogP contribution is -2.49. The number of carbonyl (C=O) groups excluding carboxylic acids is 1. The number of nitrogens with one attached hydrogen (secondary N) is 2. The Morgan fingerprint density at radius 2 is 1.96 bits per heavy atom. The number of rotatable bonds is 4. The van der Waals surface area contributed by atoms with Crippen LogP contribution in [0.1, 0.15) is 5.56 Å². The molecular weight excluding hydrogens is 403 g/mol. The predicted octanol–water partition coefficient (Wildman–Crippen LogP) is 1.61. The molecule has 136 valence electrons. The minimum absolute atomic E-state index is 0.00665. The number of amides is 1. The molecule has 1 aliphatic heterocycles. The van der Waals surface area contributed by atoms with Crippen molar-refractivity contribution in [3.05, 3.63) is 51.7 Å². The Bertz CT molecular complexity index is 891. The van der Waals surface area contributed by atoms with Gasteiger partial charge in [0.15, 0.2) is 0 Å². The zero-order valence-electron chi connectivity index (χ0n) is 14.0. The van der Waals surface area contributed by atoms with Crippen LogP contribution in [-0.2, 0) is 11.2 Å². The first-order valence-corrected chi connectivity index (χ1v) is 8.89. The fraction of sp³-hybridized carbons (Fsp3) is 0.294. The van der Waals surface area contributed by atoms with Gasteiger partial charge in [-0.3, -0.25) is 15.6 Å². The summed E-state index contributed by atoms with van der Waals surface area (Å²) < 4.78 is 14.8. The smallest absolute Gasteiger partial charge is 0.227 e. The molecule has 2 aromatic rings. The van der Waals surface area contributed by atoms with Gasteiger partial charge in [-0.05, 0) is 45.8 Å². The highest BCUT2D eigenvalue weighted by Crippen LogP contribution is 2.18. The summed E-state index contributed by atoms with van der Waals surface area (Å²) in [5.74, 6) is 0.342. The number of nitrogens with zero attached hydrogens (tertiary/aromatic N) is 4.